The molecule has 2 aromatic rings. The fourth-order valence-electron chi connectivity index (χ4n) is 2.16. The SMILES string of the molecule is CC(=O)C(c1ccc(Cl)cc1)c1ccc(F)c(C)c1. The first-order valence-electron chi connectivity index (χ1n) is 6.01. The highest BCUT2D eigenvalue weighted by molar-refractivity contribution is 6.30. The Bertz CT molecular complexity index is 605. The van der Waals surface area contributed by atoms with Gasteiger partial charge in [0.1, 0.15) is 11.6 Å². The number of rotatable bonds is 3. The Labute approximate surface area is 117 Å². The second kappa shape index (κ2) is 5.54. The van der Waals surface area contributed by atoms with E-state index in [0.717, 1.165) is 11.1 Å². The van der Waals surface area contributed by atoms with Crippen LogP contribution in [0.15, 0.2) is 42.5 Å². The van der Waals surface area contributed by atoms with Gasteiger partial charge in [-0.25, -0.2) is 4.39 Å². The van der Waals surface area contributed by atoms with Crippen LogP contribution in [-0.4, -0.2) is 5.78 Å². The molecule has 0 spiro atoms. The lowest BCUT2D eigenvalue weighted by Crippen LogP contribution is -2.11. The lowest BCUT2D eigenvalue weighted by molar-refractivity contribution is -0.117. The van der Waals surface area contributed by atoms with Crippen LogP contribution in [0.4, 0.5) is 4.39 Å². The Morgan fingerprint density at radius 1 is 1.11 bits per heavy atom. The van der Waals surface area contributed by atoms with E-state index in [-0.39, 0.29) is 17.5 Å². The summed E-state index contributed by atoms with van der Waals surface area (Å²) >= 11 is 5.85. The molecule has 0 aliphatic carbocycles. The quantitative estimate of drug-likeness (QED) is 0.806. The van der Waals surface area contributed by atoms with E-state index in [1.54, 1.807) is 31.2 Å². The molecule has 0 fully saturated rings. The highest BCUT2D eigenvalue weighted by Gasteiger charge is 2.19. The molecule has 1 nitrogen and oxygen atoms in total. The fourth-order valence-corrected chi connectivity index (χ4v) is 2.29. The first-order chi connectivity index (χ1) is 8.99. The van der Waals surface area contributed by atoms with Gasteiger partial charge in [0.15, 0.2) is 0 Å². The summed E-state index contributed by atoms with van der Waals surface area (Å²) in [5, 5.41) is 0.626. The fraction of sp³-hybridized carbons (Fsp3) is 0.188. The standard InChI is InChI=1S/C16H14ClFO/c1-10-9-13(5-8-15(10)18)16(11(2)19)12-3-6-14(17)7-4-12/h3-9,16H,1-2H3. The minimum absolute atomic E-state index is 0.0216. The van der Waals surface area contributed by atoms with Gasteiger partial charge in [-0.2, -0.15) is 0 Å². The highest BCUT2D eigenvalue weighted by Crippen LogP contribution is 2.28. The molecule has 0 amide bonds. The Morgan fingerprint density at radius 3 is 2.21 bits per heavy atom. The maximum Gasteiger partial charge on any atom is 0.141 e. The van der Waals surface area contributed by atoms with E-state index in [4.69, 9.17) is 11.6 Å². The largest absolute Gasteiger partial charge is 0.299 e. The summed E-state index contributed by atoms with van der Waals surface area (Å²) in [6.45, 7) is 3.23. The van der Waals surface area contributed by atoms with E-state index >= 15 is 0 Å². The van der Waals surface area contributed by atoms with Crippen molar-refractivity contribution < 1.29 is 9.18 Å². The van der Waals surface area contributed by atoms with Gasteiger partial charge in [-0.05, 0) is 48.7 Å². The van der Waals surface area contributed by atoms with Gasteiger partial charge in [0.05, 0.1) is 5.92 Å². The number of halogens is 2. The van der Waals surface area contributed by atoms with E-state index < -0.39 is 0 Å². The molecule has 0 N–H and O–H groups in total. The zero-order chi connectivity index (χ0) is 14.0. The van der Waals surface area contributed by atoms with E-state index in [9.17, 15) is 9.18 Å². The lowest BCUT2D eigenvalue weighted by atomic mass is 9.87. The third-order valence-corrected chi connectivity index (χ3v) is 3.38. The van der Waals surface area contributed by atoms with Gasteiger partial charge in [0, 0.05) is 5.02 Å². The van der Waals surface area contributed by atoms with Gasteiger partial charge in [0.2, 0.25) is 0 Å². The van der Waals surface area contributed by atoms with Crippen LogP contribution in [0.1, 0.15) is 29.5 Å². The summed E-state index contributed by atoms with van der Waals surface area (Å²) in [5.41, 5.74) is 2.20. The molecular formula is C16H14ClFO. The number of ketones is 1. The van der Waals surface area contributed by atoms with E-state index in [1.165, 1.54) is 13.0 Å². The number of carbonyl (C=O) groups excluding carboxylic acids is 1. The Kier molecular flexibility index (Phi) is 4.01. The topological polar surface area (TPSA) is 17.1 Å². The minimum atomic E-state index is -0.378. The number of Topliss-reactive ketones (excluding diaryl/α,β-unsaturated/α-hetero) is 1. The Hall–Kier alpha value is -1.67. The zero-order valence-electron chi connectivity index (χ0n) is 10.8. The van der Waals surface area contributed by atoms with Crippen molar-refractivity contribution in [3.05, 3.63) is 70.0 Å². The molecule has 3 heteroatoms. The molecule has 0 aliphatic heterocycles. The third-order valence-electron chi connectivity index (χ3n) is 3.13. The number of carbonyl (C=O) groups is 1. The number of hydrogen-bond acceptors (Lipinski definition) is 1. The summed E-state index contributed by atoms with van der Waals surface area (Å²) < 4.78 is 13.3. The van der Waals surface area contributed by atoms with Gasteiger partial charge in [-0.15, -0.1) is 0 Å². The first kappa shape index (κ1) is 13.8. The van der Waals surface area contributed by atoms with Crippen molar-refractivity contribution >= 4 is 17.4 Å². The van der Waals surface area contributed by atoms with Crippen molar-refractivity contribution in [2.75, 3.05) is 0 Å². The molecule has 0 heterocycles. The van der Waals surface area contributed by atoms with Gasteiger partial charge >= 0.3 is 0 Å². The van der Waals surface area contributed by atoms with Gasteiger partial charge in [0.25, 0.3) is 0 Å². The zero-order valence-corrected chi connectivity index (χ0v) is 11.5. The van der Waals surface area contributed by atoms with Crippen LogP contribution >= 0.6 is 11.6 Å². The molecule has 1 unspecified atom stereocenters. The molecule has 0 aliphatic rings. The van der Waals surface area contributed by atoms with Crippen molar-refractivity contribution in [2.45, 2.75) is 19.8 Å². The van der Waals surface area contributed by atoms with Crippen molar-refractivity contribution in [2.24, 2.45) is 0 Å². The maximum atomic E-state index is 13.3. The predicted molar refractivity (Wildman–Crippen MR) is 75.1 cm³/mol. The molecule has 19 heavy (non-hydrogen) atoms. The molecule has 0 bridgehead atoms. The van der Waals surface area contributed by atoms with Crippen LogP contribution in [0.5, 0.6) is 0 Å². The number of hydrogen-bond donors (Lipinski definition) is 0. The normalized spacial score (nSPS) is 12.2. The summed E-state index contributed by atoms with van der Waals surface area (Å²) in [6, 6.07) is 11.9. The second-order valence-corrected chi connectivity index (χ2v) is 5.04. The van der Waals surface area contributed by atoms with Crippen LogP contribution in [-0.2, 0) is 4.79 Å². The van der Waals surface area contributed by atoms with E-state index in [0.29, 0.717) is 10.6 Å². The highest BCUT2D eigenvalue weighted by atomic mass is 35.5. The van der Waals surface area contributed by atoms with Crippen molar-refractivity contribution in [3.8, 4) is 0 Å². The molecule has 0 saturated heterocycles. The van der Waals surface area contributed by atoms with Gasteiger partial charge < -0.3 is 0 Å². The minimum Gasteiger partial charge on any atom is -0.299 e. The Morgan fingerprint density at radius 2 is 1.68 bits per heavy atom. The average molecular weight is 277 g/mol. The second-order valence-electron chi connectivity index (χ2n) is 4.60. The predicted octanol–water partition coefficient (Wildman–Crippen LogP) is 4.51. The molecule has 2 aromatic carbocycles. The maximum absolute atomic E-state index is 13.3. The van der Waals surface area contributed by atoms with Crippen LogP contribution in [0, 0.1) is 12.7 Å². The lowest BCUT2D eigenvalue weighted by Gasteiger charge is -2.15. The monoisotopic (exact) mass is 276 g/mol. The number of aryl methyl sites for hydroxylation is 1. The summed E-state index contributed by atoms with van der Waals surface area (Å²) in [5.74, 6) is -0.618. The first-order valence-corrected chi connectivity index (χ1v) is 6.39. The van der Waals surface area contributed by atoms with Crippen LogP contribution < -0.4 is 0 Å². The third kappa shape index (κ3) is 3.02. The molecule has 2 rings (SSSR count). The van der Waals surface area contributed by atoms with Crippen molar-refractivity contribution in [3.63, 3.8) is 0 Å². The van der Waals surface area contributed by atoms with E-state index in [2.05, 4.69) is 0 Å². The van der Waals surface area contributed by atoms with Crippen LogP contribution in [0.3, 0.4) is 0 Å². The molecule has 0 aromatic heterocycles. The van der Waals surface area contributed by atoms with Gasteiger partial charge in [-0.3, -0.25) is 4.79 Å². The number of benzene rings is 2. The smallest absolute Gasteiger partial charge is 0.141 e. The molecule has 98 valence electrons. The van der Waals surface area contributed by atoms with Crippen molar-refractivity contribution in [1.29, 1.82) is 0 Å². The van der Waals surface area contributed by atoms with Gasteiger partial charge in [-0.1, -0.05) is 35.9 Å². The van der Waals surface area contributed by atoms with Crippen LogP contribution in [0.2, 0.25) is 5.02 Å². The van der Waals surface area contributed by atoms with E-state index in [1.807, 2.05) is 12.1 Å². The van der Waals surface area contributed by atoms with Crippen molar-refractivity contribution in [1.82, 2.24) is 0 Å². The Balaban J connectivity index is 2.48. The summed E-state index contributed by atoms with van der Waals surface area (Å²) in [6.07, 6.45) is 0. The average Bonchev–Trinajstić information content (AvgIpc) is 2.36. The van der Waals surface area contributed by atoms with Crippen LogP contribution in [0.25, 0.3) is 0 Å². The molecule has 0 saturated carbocycles. The molecular weight excluding hydrogens is 263 g/mol. The summed E-state index contributed by atoms with van der Waals surface area (Å²) in [7, 11) is 0. The molecule has 0 radical (unpaired) electrons. The summed E-state index contributed by atoms with van der Waals surface area (Å²) in [4.78, 5) is 11.9. The molecule has 1 atom stereocenters.